The van der Waals surface area contributed by atoms with Crippen LogP contribution < -0.4 is 10.0 Å². The maximum absolute atomic E-state index is 11.3. The number of primary sulfonamides is 1. The number of sulfonamides is 1. The van der Waals surface area contributed by atoms with E-state index in [1.807, 2.05) is 6.92 Å². The lowest BCUT2D eigenvalue weighted by Gasteiger charge is -2.21. The van der Waals surface area contributed by atoms with Gasteiger partial charge in [-0.3, -0.25) is 0 Å². The van der Waals surface area contributed by atoms with E-state index in [0.717, 1.165) is 6.07 Å². The number of aromatic carboxylic acids is 1. The summed E-state index contributed by atoms with van der Waals surface area (Å²) in [6.45, 7) is 3.37. The second kappa shape index (κ2) is 6.69. The molecule has 1 aromatic carbocycles. The Bertz CT molecular complexity index is 586. The first-order valence-electron chi connectivity index (χ1n) is 5.96. The number of anilines is 1. The van der Waals surface area contributed by atoms with Gasteiger partial charge in [-0.2, -0.15) is 0 Å². The molecule has 7 nitrogen and oxygen atoms in total. The van der Waals surface area contributed by atoms with Gasteiger partial charge in [0.25, 0.3) is 0 Å². The summed E-state index contributed by atoms with van der Waals surface area (Å²) in [6, 6.07) is 3.77. The summed E-state index contributed by atoms with van der Waals surface area (Å²) in [7, 11) is -2.22. The van der Waals surface area contributed by atoms with Crippen molar-refractivity contribution in [2.75, 3.05) is 31.7 Å². The number of benzene rings is 1. The first kappa shape index (κ1) is 16.4. The topological polar surface area (TPSA) is 110 Å². The number of hydrogen-bond acceptors (Lipinski definition) is 5. The average molecular weight is 302 g/mol. The van der Waals surface area contributed by atoms with Gasteiger partial charge in [0.15, 0.2) is 0 Å². The predicted molar refractivity (Wildman–Crippen MR) is 74.5 cm³/mol. The van der Waals surface area contributed by atoms with Gasteiger partial charge in [-0.1, -0.05) is 0 Å². The number of ether oxygens (including phenoxy) is 1. The summed E-state index contributed by atoms with van der Waals surface area (Å²) in [5.41, 5.74) is 0.292. The Morgan fingerprint density at radius 1 is 1.45 bits per heavy atom. The van der Waals surface area contributed by atoms with Crippen molar-refractivity contribution < 1.29 is 23.1 Å². The zero-order valence-corrected chi connectivity index (χ0v) is 12.2. The molecule has 0 bridgehead atoms. The summed E-state index contributed by atoms with van der Waals surface area (Å²) in [5.74, 6) is -1.21. The van der Waals surface area contributed by atoms with Crippen molar-refractivity contribution >= 4 is 21.7 Å². The maximum atomic E-state index is 11.3. The van der Waals surface area contributed by atoms with Crippen LogP contribution in [0.1, 0.15) is 17.3 Å². The lowest BCUT2D eigenvalue weighted by molar-refractivity contribution is 0.0697. The summed E-state index contributed by atoms with van der Waals surface area (Å²) < 4.78 is 27.7. The highest BCUT2D eigenvalue weighted by Crippen LogP contribution is 2.23. The third-order valence-corrected chi connectivity index (χ3v) is 3.62. The number of carboxylic acid groups (broad SMARTS) is 1. The lowest BCUT2D eigenvalue weighted by Crippen LogP contribution is -2.25. The van der Waals surface area contributed by atoms with Crippen molar-refractivity contribution in [1.29, 1.82) is 0 Å². The number of hydrogen-bond donors (Lipinski definition) is 2. The van der Waals surface area contributed by atoms with Gasteiger partial charge in [-0.05, 0) is 25.1 Å². The molecule has 0 unspecified atom stereocenters. The van der Waals surface area contributed by atoms with Crippen molar-refractivity contribution in [3.8, 4) is 0 Å². The molecule has 0 saturated carbocycles. The van der Waals surface area contributed by atoms with E-state index in [0.29, 0.717) is 25.4 Å². The van der Waals surface area contributed by atoms with E-state index >= 15 is 0 Å². The van der Waals surface area contributed by atoms with Gasteiger partial charge in [-0.25, -0.2) is 18.4 Å². The summed E-state index contributed by atoms with van der Waals surface area (Å²) in [5, 5.41) is 14.2. The molecule has 0 spiro atoms. The van der Waals surface area contributed by atoms with Gasteiger partial charge in [-0.15, -0.1) is 0 Å². The molecule has 20 heavy (non-hydrogen) atoms. The number of carbonyl (C=O) groups is 1. The SMILES string of the molecule is CCOCCN(C)c1ccc(S(N)(=O)=O)cc1C(=O)O. The molecule has 0 aliphatic heterocycles. The number of rotatable bonds is 7. The Morgan fingerprint density at radius 3 is 2.60 bits per heavy atom. The first-order chi connectivity index (χ1) is 9.27. The third kappa shape index (κ3) is 4.19. The fourth-order valence-corrected chi connectivity index (χ4v) is 2.20. The predicted octanol–water partition coefficient (Wildman–Crippen LogP) is 0.505. The minimum absolute atomic E-state index is 0.115. The minimum Gasteiger partial charge on any atom is -0.478 e. The van der Waals surface area contributed by atoms with E-state index in [4.69, 9.17) is 9.88 Å². The van der Waals surface area contributed by atoms with E-state index in [1.54, 1.807) is 11.9 Å². The summed E-state index contributed by atoms with van der Waals surface area (Å²) >= 11 is 0. The van der Waals surface area contributed by atoms with Gasteiger partial charge in [0, 0.05) is 20.2 Å². The van der Waals surface area contributed by atoms with Crippen molar-refractivity contribution in [2.24, 2.45) is 5.14 Å². The maximum Gasteiger partial charge on any atom is 0.337 e. The Morgan fingerprint density at radius 2 is 2.10 bits per heavy atom. The molecule has 3 N–H and O–H groups in total. The normalized spacial score (nSPS) is 11.3. The van der Waals surface area contributed by atoms with Crippen LogP contribution in [0.5, 0.6) is 0 Å². The first-order valence-corrected chi connectivity index (χ1v) is 7.51. The molecule has 0 heterocycles. The molecule has 1 aromatic rings. The lowest BCUT2D eigenvalue weighted by atomic mass is 10.1. The Labute approximate surface area is 118 Å². The molecule has 112 valence electrons. The van der Waals surface area contributed by atoms with Gasteiger partial charge in [0.1, 0.15) is 0 Å². The second-order valence-corrected chi connectivity index (χ2v) is 5.71. The van der Waals surface area contributed by atoms with Gasteiger partial charge in [0.05, 0.1) is 22.8 Å². The molecule has 8 heteroatoms. The molecule has 1 rings (SSSR count). The van der Waals surface area contributed by atoms with Crippen molar-refractivity contribution in [3.05, 3.63) is 23.8 Å². The Balaban J connectivity index is 3.11. The van der Waals surface area contributed by atoms with Crippen LogP contribution in [0, 0.1) is 0 Å². The smallest absolute Gasteiger partial charge is 0.337 e. The van der Waals surface area contributed by atoms with Gasteiger partial charge in [0.2, 0.25) is 10.0 Å². The van der Waals surface area contributed by atoms with Crippen molar-refractivity contribution in [2.45, 2.75) is 11.8 Å². The van der Waals surface area contributed by atoms with Crippen molar-refractivity contribution in [1.82, 2.24) is 0 Å². The third-order valence-electron chi connectivity index (χ3n) is 2.71. The van der Waals surface area contributed by atoms with Crippen LogP contribution in [-0.4, -0.2) is 46.3 Å². The molecule has 0 aromatic heterocycles. The summed E-state index contributed by atoms with van der Waals surface area (Å²) in [6.07, 6.45) is 0. The van der Waals surface area contributed by atoms with Gasteiger partial charge < -0.3 is 14.7 Å². The molecule has 0 amide bonds. The molecule has 0 fully saturated rings. The van der Waals surface area contributed by atoms with E-state index in [-0.39, 0.29) is 10.5 Å². The van der Waals surface area contributed by atoms with Crippen LogP contribution in [-0.2, 0) is 14.8 Å². The molecule has 0 aliphatic carbocycles. The Kier molecular flexibility index (Phi) is 5.49. The standard InChI is InChI=1S/C12H18N2O5S/c1-3-19-7-6-14(2)11-5-4-9(20(13,17)18)8-10(11)12(15)16/h4-5,8H,3,6-7H2,1-2H3,(H,15,16)(H2,13,17,18). The van der Waals surface area contributed by atoms with Gasteiger partial charge >= 0.3 is 5.97 Å². The zero-order chi connectivity index (χ0) is 15.3. The Hall–Kier alpha value is -1.64. The molecular formula is C12H18N2O5S. The molecular weight excluding hydrogens is 284 g/mol. The second-order valence-electron chi connectivity index (χ2n) is 4.15. The quantitative estimate of drug-likeness (QED) is 0.710. The number of likely N-dealkylation sites (N-methyl/N-ethyl adjacent to an activating group) is 1. The largest absolute Gasteiger partial charge is 0.478 e. The minimum atomic E-state index is -3.93. The van der Waals surface area contributed by atoms with E-state index in [2.05, 4.69) is 0 Å². The number of carboxylic acids is 1. The fourth-order valence-electron chi connectivity index (χ4n) is 1.66. The fraction of sp³-hybridized carbons (Fsp3) is 0.417. The highest BCUT2D eigenvalue weighted by molar-refractivity contribution is 7.89. The van der Waals surface area contributed by atoms with Crippen LogP contribution in [0.3, 0.4) is 0 Å². The van der Waals surface area contributed by atoms with Crippen LogP contribution in [0.2, 0.25) is 0 Å². The van der Waals surface area contributed by atoms with Crippen LogP contribution in [0.25, 0.3) is 0 Å². The van der Waals surface area contributed by atoms with E-state index < -0.39 is 16.0 Å². The molecule has 0 aliphatic rings. The van der Waals surface area contributed by atoms with Crippen LogP contribution in [0.15, 0.2) is 23.1 Å². The number of nitrogens with zero attached hydrogens (tertiary/aromatic N) is 1. The van der Waals surface area contributed by atoms with E-state index in [1.165, 1.54) is 12.1 Å². The van der Waals surface area contributed by atoms with Crippen LogP contribution in [0.4, 0.5) is 5.69 Å². The molecule has 0 saturated heterocycles. The van der Waals surface area contributed by atoms with Crippen molar-refractivity contribution in [3.63, 3.8) is 0 Å². The van der Waals surface area contributed by atoms with Crippen LogP contribution >= 0.6 is 0 Å². The highest BCUT2D eigenvalue weighted by Gasteiger charge is 2.18. The monoisotopic (exact) mass is 302 g/mol. The van der Waals surface area contributed by atoms with E-state index in [9.17, 15) is 18.3 Å². The zero-order valence-electron chi connectivity index (χ0n) is 11.4. The summed E-state index contributed by atoms with van der Waals surface area (Å²) in [4.78, 5) is 12.7. The highest BCUT2D eigenvalue weighted by atomic mass is 32.2. The number of nitrogens with two attached hydrogens (primary N) is 1. The molecule has 0 atom stereocenters. The molecule has 0 radical (unpaired) electrons. The average Bonchev–Trinajstić information content (AvgIpc) is 2.37.